The van der Waals surface area contributed by atoms with E-state index in [9.17, 15) is 0 Å². The molecular formula is C23H36N6O3. The van der Waals surface area contributed by atoms with Crippen LogP contribution in [-0.2, 0) is 24.8 Å². The molecule has 1 aromatic carbocycles. The first-order chi connectivity index (χ1) is 15.6. The van der Waals surface area contributed by atoms with E-state index in [4.69, 9.17) is 19.2 Å². The first-order valence-corrected chi connectivity index (χ1v) is 11.5. The Bertz CT molecular complexity index is 877. The van der Waals surface area contributed by atoms with Crippen LogP contribution < -0.4 is 20.1 Å². The normalized spacial score (nSPS) is 16.2. The maximum atomic E-state index is 5.74. The number of aryl methyl sites for hydroxylation is 1. The van der Waals surface area contributed by atoms with E-state index in [1.807, 2.05) is 38.5 Å². The van der Waals surface area contributed by atoms with Crippen LogP contribution >= 0.6 is 0 Å². The summed E-state index contributed by atoms with van der Waals surface area (Å²) in [6.45, 7) is 9.86. The predicted octanol–water partition coefficient (Wildman–Crippen LogP) is 2.38. The molecule has 0 radical (unpaired) electrons. The molecule has 1 saturated heterocycles. The SMILES string of the molecule is CCOc1ccc(CCNC(=NCc2nnc(C)n2C)NCC2CCCO2)cc1OCC. The molecule has 0 amide bonds. The van der Waals surface area contributed by atoms with E-state index >= 15 is 0 Å². The molecule has 1 fully saturated rings. The Labute approximate surface area is 190 Å². The van der Waals surface area contributed by atoms with Gasteiger partial charge in [-0.3, -0.25) is 0 Å². The zero-order chi connectivity index (χ0) is 22.8. The number of ether oxygens (including phenoxy) is 3. The molecule has 1 aliphatic rings. The van der Waals surface area contributed by atoms with Gasteiger partial charge in [0, 0.05) is 26.7 Å². The van der Waals surface area contributed by atoms with Crippen LogP contribution in [-0.4, -0.2) is 59.7 Å². The molecule has 32 heavy (non-hydrogen) atoms. The third-order valence-electron chi connectivity index (χ3n) is 5.40. The van der Waals surface area contributed by atoms with Crippen LogP contribution in [0.15, 0.2) is 23.2 Å². The summed E-state index contributed by atoms with van der Waals surface area (Å²) in [4.78, 5) is 4.72. The molecule has 176 valence electrons. The van der Waals surface area contributed by atoms with Gasteiger partial charge in [0.25, 0.3) is 0 Å². The largest absolute Gasteiger partial charge is 0.490 e. The van der Waals surface area contributed by atoms with Crippen LogP contribution in [0.1, 0.15) is 43.9 Å². The summed E-state index contributed by atoms with van der Waals surface area (Å²) >= 11 is 0. The molecule has 2 N–H and O–H groups in total. The number of benzene rings is 1. The number of guanidine groups is 1. The Balaban J connectivity index is 1.60. The summed E-state index contributed by atoms with van der Waals surface area (Å²) < 4.78 is 19.1. The second-order valence-electron chi connectivity index (χ2n) is 7.73. The van der Waals surface area contributed by atoms with Crippen molar-refractivity contribution in [3.05, 3.63) is 35.4 Å². The van der Waals surface area contributed by atoms with Gasteiger partial charge in [-0.2, -0.15) is 0 Å². The van der Waals surface area contributed by atoms with Crippen molar-refractivity contribution < 1.29 is 14.2 Å². The minimum Gasteiger partial charge on any atom is -0.490 e. The molecule has 1 aliphatic heterocycles. The summed E-state index contributed by atoms with van der Waals surface area (Å²) in [6, 6.07) is 6.11. The van der Waals surface area contributed by atoms with Crippen molar-refractivity contribution in [2.24, 2.45) is 12.0 Å². The third-order valence-corrected chi connectivity index (χ3v) is 5.40. The molecule has 2 heterocycles. The van der Waals surface area contributed by atoms with Crippen molar-refractivity contribution in [1.82, 2.24) is 25.4 Å². The molecule has 9 nitrogen and oxygen atoms in total. The molecule has 1 unspecified atom stereocenters. The molecule has 1 atom stereocenters. The van der Waals surface area contributed by atoms with Crippen LogP contribution in [0.2, 0.25) is 0 Å². The van der Waals surface area contributed by atoms with E-state index in [1.54, 1.807) is 0 Å². The maximum absolute atomic E-state index is 5.74. The number of rotatable bonds is 11. The highest BCUT2D eigenvalue weighted by molar-refractivity contribution is 5.79. The van der Waals surface area contributed by atoms with Gasteiger partial charge in [0.15, 0.2) is 23.3 Å². The Kier molecular flexibility index (Phi) is 9.15. The molecule has 0 saturated carbocycles. The minimum absolute atomic E-state index is 0.235. The maximum Gasteiger partial charge on any atom is 0.191 e. The lowest BCUT2D eigenvalue weighted by atomic mass is 10.1. The van der Waals surface area contributed by atoms with E-state index in [1.165, 1.54) is 5.56 Å². The lowest BCUT2D eigenvalue weighted by Gasteiger charge is -2.16. The van der Waals surface area contributed by atoms with E-state index < -0.39 is 0 Å². The monoisotopic (exact) mass is 444 g/mol. The number of hydrogen-bond acceptors (Lipinski definition) is 6. The van der Waals surface area contributed by atoms with Gasteiger partial charge in [-0.15, -0.1) is 10.2 Å². The van der Waals surface area contributed by atoms with Crippen LogP contribution in [0.3, 0.4) is 0 Å². The first-order valence-electron chi connectivity index (χ1n) is 11.5. The van der Waals surface area contributed by atoms with Crippen LogP contribution in [0, 0.1) is 6.92 Å². The summed E-state index contributed by atoms with van der Waals surface area (Å²) in [7, 11) is 1.95. The summed E-state index contributed by atoms with van der Waals surface area (Å²) in [5, 5.41) is 15.2. The summed E-state index contributed by atoms with van der Waals surface area (Å²) in [6.07, 6.45) is 3.26. The van der Waals surface area contributed by atoms with Gasteiger partial charge in [0.2, 0.25) is 0 Å². The summed E-state index contributed by atoms with van der Waals surface area (Å²) in [5.74, 6) is 4.02. The second kappa shape index (κ2) is 12.3. The molecule has 1 aromatic heterocycles. The van der Waals surface area contributed by atoms with Gasteiger partial charge in [-0.05, 0) is 57.7 Å². The van der Waals surface area contributed by atoms with Gasteiger partial charge < -0.3 is 29.4 Å². The van der Waals surface area contributed by atoms with E-state index in [0.717, 1.165) is 68.1 Å². The highest BCUT2D eigenvalue weighted by Crippen LogP contribution is 2.28. The lowest BCUT2D eigenvalue weighted by molar-refractivity contribution is 0.114. The van der Waals surface area contributed by atoms with E-state index in [2.05, 4.69) is 33.0 Å². The van der Waals surface area contributed by atoms with Crippen molar-refractivity contribution in [3.63, 3.8) is 0 Å². The lowest BCUT2D eigenvalue weighted by Crippen LogP contribution is -2.42. The van der Waals surface area contributed by atoms with Crippen molar-refractivity contribution in [2.45, 2.75) is 52.7 Å². The fourth-order valence-corrected chi connectivity index (χ4v) is 3.50. The zero-order valence-electron chi connectivity index (χ0n) is 19.7. The van der Waals surface area contributed by atoms with Crippen LogP contribution in [0.5, 0.6) is 11.5 Å². The fraction of sp³-hybridized carbons (Fsp3) is 0.609. The number of aliphatic imine (C=N–C) groups is 1. The number of nitrogens with one attached hydrogen (secondary N) is 2. The zero-order valence-corrected chi connectivity index (χ0v) is 19.7. The highest BCUT2D eigenvalue weighted by Gasteiger charge is 2.16. The minimum atomic E-state index is 0.235. The smallest absolute Gasteiger partial charge is 0.191 e. The third kappa shape index (κ3) is 6.85. The second-order valence-corrected chi connectivity index (χ2v) is 7.73. The molecule has 9 heteroatoms. The molecule has 0 spiro atoms. The molecular weight excluding hydrogens is 408 g/mol. The van der Waals surface area contributed by atoms with Gasteiger partial charge >= 0.3 is 0 Å². The Morgan fingerprint density at radius 3 is 2.69 bits per heavy atom. The Morgan fingerprint density at radius 1 is 1.19 bits per heavy atom. The summed E-state index contributed by atoms with van der Waals surface area (Å²) in [5.41, 5.74) is 1.17. The average molecular weight is 445 g/mol. The van der Waals surface area contributed by atoms with E-state index in [0.29, 0.717) is 19.8 Å². The van der Waals surface area contributed by atoms with Crippen molar-refractivity contribution in [2.75, 3.05) is 32.9 Å². The van der Waals surface area contributed by atoms with Crippen molar-refractivity contribution >= 4 is 5.96 Å². The number of hydrogen-bond donors (Lipinski definition) is 2. The molecule has 3 rings (SSSR count). The molecule has 2 aromatic rings. The van der Waals surface area contributed by atoms with Crippen LogP contribution in [0.25, 0.3) is 0 Å². The van der Waals surface area contributed by atoms with Gasteiger partial charge in [0.1, 0.15) is 12.4 Å². The van der Waals surface area contributed by atoms with Crippen molar-refractivity contribution in [1.29, 1.82) is 0 Å². The predicted molar refractivity (Wildman–Crippen MR) is 124 cm³/mol. The Hall–Kier alpha value is -2.81. The quantitative estimate of drug-likeness (QED) is 0.406. The van der Waals surface area contributed by atoms with E-state index in [-0.39, 0.29) is 6.10 Å². The molecule has 0 aliphatic carbocycles. The topological polar surface area (TPSA) is 94.8 Å². The Morgan fingerprint density at radius 2 is 2.00 bits per heavy atom. The number of nitrogens with zero attached hydrogens (tertiary/aromatic N) is 4. The fourth-order valence-electron chi connectivity index (χ4n) is 3.50. The van der Waals surface area contributed by atoms with Crippen LogP contribution in [0.4, 0.5) is 0 Å². The first kappa shape index (κ1) is 23.8. The van der Waals surface area contributed by atoms with Gasteiger partial charge in [0.05, 0.1) is 19.3 Å². The standard InChI is InChI=1S/C23H36N6O3/c1-5-30-20-10-9-18(14-21(20)31-6-2)11-12-24-23(25-15-19-8-7-13-32-19)26-16-22-28-27-17(3)29(22)4/h9-10,14,19H,5-8,11-13,15-16H2,1-4H3,(H2,24,25,26). The number of aromatic nitrogens is 3. The van der Waals surface area contributed by atoms with Gasteiger partial charge in [-0.1, -0.05) is 6.07 Å². The highest BCUT2D eigenvalue weighted by atomic mass is 16.5. The van der Waals surface area contributed by atoms with Gasteiger partial charge in [-0.25, -0.2) is 4.99 Å². The van der Waals surface area contributed by atoms with Crippen molar-refractivity contribution in [3.8, 4) is 11.5 Å². The average Bonchev–Trinajstić information content (AvgIpc) is 3.42. The molecule has 0 bridgehead atoms.